The lowest BCUT2D eigenvalue weighted by Gasteiger charge is -2.40. The minimum absolute atomic E-state index is 0.173. The molecule has 6 atom stereocenters. The van der Waals surface area contributed by atoms with Crippen molar-refractivity contribution < 1.29 is 24.2 Å². The van der Waals surface area contributed by atoms with Gasteiger partial charge in [0.1, 0.15) is 11.6 Å². The summed E-state index contributed by atoms with van der Waals surface area (Å²) >= 11 is 6.11. The van der Waals surface area contributed by atoms with Gasteiger partial charge in [0, 0.05) is 30.3 Å². The first-order chi connectivity index (χ1) is 19.8. The van der Waals surface area contributed by atoms with Crippen LogP contribution in [-0.4, -0.2) is 75.6 Å². The van der Waals surface area contributed by atoms with Crippen LogP contribution in [-0.2, 0) is 25.7 Å². The highest BCUT2D eigenvalue weighted by Gasteiger charge is 2.75. The van der Waals surface area contributed by atoms with E-state index in [0.29, 0.717) is 30.2 Å². The highest BCUT2D eigenvalue weighted by Crippen LogP contribution is 2.59. The number of benzene rings is 2. The van der Waals surface area contributed by atoms with Gasteiger partial charge in [-0.2, -0.15) is 0 Å². The van der Waals surface area contributed by atoms with Crippen molar-refractivity contribution in [1.82, 2.24) is 9.80 Å². The van der Waals surface area contributed by atoms with Gasteiger partial charge in [-0.25, -0.2) is 0 Å². The summed E-state index contributed by atoms with van der Waals surface area (Å²) in [7, 11) is 0. The van der Waals surface area contributed by atoms with E-state index in [0.717, 1.165) is 5.56 Å². The number of aliphatic hydroxyl groups is 1. The van der Waals surface area contributed by atoms with Crippen LogP contribution < -0.4 is 4.90 Å². The Bertz CT molecular complexity index is 1410. The monoisotopic (exact) mass is 575 g/mol. The smallest absolute Gasteiger partial charge is 0.253 e. The van der Waals surface area contributed by atoms with Gasteiger partial charge >= 0.3 is 0 Å². The maximum absolute atomic E-state index is 14.5. The van der Waals surface area contributed by atoms with Crippen LogP contribution in [0.5, 0.6) is 0 Å². The third-order valence-electron chi connectivity index (χ3n) is 9.05. The molecule has 4 heterocycles. The molecule has 2 aromatic rings. The van der Waals surface area contributed by atoms with Crippen molar-refractivity contribution in [3.63, 3.8) is 0 Å². The largest absolute Gasteiger partial charge is 0.394 e. The van der Waals surface area contributed by atoms with Crippen molar-refractivity contribution in [3.05, 3.63) is 89.5 Å². The first kappa shape index (κ1) is 27.7. The average molecular weight is 576 g/mol. The summed E-state index contributed by atoms with van der Waals surface area (Å²) in [5.41, 5.74) is -0.817. The molecule has 0 aromatic heterocycles. The molecule has 0 bridgehead atoms. The molecule has 2 saturated heterocycles. The predicted octanol–water partition coefficient (Wildman–Crippen LogP) is 3.58. The number of amides is 3. The number of fused-ring (bicyclic) bond motifs is 2. The van der Waals surface area contributed by atoms with Gasteiger partial charge in [0.05, 0.1) is 30.1 Å². The number of halogens is 1. The van der Waals surface area contributed by atoms with E-state index in [2.05, 4.69) is 0 Å². The van der Waals surface area contributed by atoms with E-state index >= 15 is 0 Å². The van der Waals surface area contributed by atoms with E-state index in [4.69, 9.17) is 16.3 Å². The summed E-state index contributed by atoms with van der Waals surface area (Å²) in [6, 6.07) is 15.0. The van der Waals surface area contributed by atoms with Crippen LogP contribution in [0.1, 0.15) is 25.8 Å². The van der Waals surface area contributed by atoms with Gasteiger partial charge in [-0.1, -0.05) is 73.2 Å². The van der Waals surface area contributed by atoms with Gasteiger partial charge in [0.25, 0.3) is 5.91 Å². The Morgan fingerprint density at radius 3 is 2.34 bits per heavy atom. The average Bonchev–Trinajstić information content (AvgIpc) is 3.29. The van der Waals surface area contributed by atoms with Gasteiger partial charge in [-0.3, -0.25) is 14.4 Å². The molecule has 214 valence electrons. The number of carbonyl (C=O) groups excluding carboxylic acids is 3. The van der Waals surface area contributed by atoms with Crippen LogP contribution in [0.25, 0.3) is 0 Å². The molecular formula is C32H34ClN3O5. The fourth-order valence-electron chi connectivity index (χ4n) is 7.11. The number of nitrogens with zero attached hydrogens (tertiary/aromatic N) is 3. The summed E-state index contributed by atoms with van der Waals surface area (Å²) in [6.07, 6.45) is 8.00. The molecule has 4 aliphatic heterocycles. The first-order valence-corrected chi connectivity index (χ1v) is 14.5. The molecule has 8 nitrogen and oxygen atoms in total. The Morgan fingerprint density at radius 2 is 1.66 bits per heavy atom. The van der Waals surface area contributed by atoms with Gasteiger partial charge < -0.3 is 24.5 Å². The van der Waals surface area contributed by atoms with Crippen LogP contribution in [0.2, 0.25) is 5.02 Å². The molecule has 0 radical (unpaired) electrons. The molecule has 1 N–H and O–H groups in total. The fourth-order valence-corrected chi connectivity index (χ4v) is 7.24. The minimum Gasteiger partial charge on any atom is -0.394 e. The molecule has 41 heavy (non-hydrogen) atoms. The molecular weight excluding hydrogens is 542 g/mol. The lowest BCUT2D eigenvalue weighted by molar-refractivity contribution is -0.152. The van der Waals surface area contributed by atoms with Crippen LogP contribution in [0.4, 0.5) is 5.69 Å². The number of rotatable bonds is 6. The van der Waals surface area contributed by atoms with Crippen LogP contribution >= 0.6 is 11.6 Å². The molecule has 1 unspecified atom stereocenters. The maximum atomic E-state index is 14.5. The summed E-state index contributed by atoms with van der Waals surface area (Å²) < 4.78 is 6.98. The van der Waals surface area contributed by atoms with E-state index < -0.39 is 35.1 Å². The van der Waals surface area contributed by atoms with E-state index in [1.54, 1.807) is 41.0 Å². The molecule has 3 amide bonds. The van der Waals surface area contributed by atoms with Gasteiger partial charge in [0.15, 0.2) is 0 Å². The summed E-state index contributed by atoms with van der Waals surface area (Å²) in [5.74, 6) is -2.61. The molecule has 4 aliphatic rings. The van der Waals surface area contributed by atoms with E-state index in [1.165, 1.54) is 4.90 Å². The van der Waals surface area contributed by atoms with Crippen molar-refractivity contribution in [1.29, 1.82) is 0 Å². The normalized spacial score (nSPS) is 31.6. The van der Waals surface area contributed by atoms with Crippen molar-refractivity contribution in [2.75, 3.05) is 24.6 Å². The highest BCUT2D eigenvalue weighted by atomic mass is 35.5. The Balaban J connectivity index is 1.46. The van der Waals surface area contributed by atoms with Crippen molar-refractivity contribution in [2.45, 2.75) is 50.1 Å². The number of carbonyl (C=O) groups is 3. The van der Waals surface area contributed by atoms with Crippen LogP contribution in [0.3, 0.4) is 0 Å². The molecule has 9 heteroatoms. The molecule has 6 rings (SSSR count). The first-order valence-electron chi connectivity index (χ1n) is 14.1. The number of hydrogen-bond acceptors (Lipinski definition) is 5. The molecule has 0 saturated carbocycles. The zero-order chi connectivity index (χ0) is 28.9. The summed E-state index contributed by atoms with van der Waals surface area (Å²) in [5, 5.41) is 10.7. The number of aliphatic hydroxyl groups excluding tert-OH is 1. The quantitative estimate of drug-likeness (QED) is 0.532. The molecule has 0 aliphatic carbocycles. The van der Waals surface area contributed by atoms with Crippen LogP contribution in [0, 0.1) is 11.8 Å². The summed E-state index contributed by atoms with van der Waals surface area (Å²) in [6.45, 7) is 4.38. The Kier molecular flexibility index (Phi) is 7.04. The zero-order valence-corrected chi connectivity index (χ0v) is 23.9. The van der Waals surface area contributed by atoms with E-state index in [-0.39, 0.29) is 30.9 Å². The van der Waals surface area contributed by atoms with Crippen LogP contribution in [0.15, 0.2) is 78.9 Å². The van der Waals surface area contributed by atoms with Crippen molar-refractivity contribution in [2.24, 2.45) is 11.8 Å². The molecule has 2 fully saturated rings. The third-order valence-corrected chi connectivity index (χ3v) is 9.31. The Hall–Kier alpha value is -3.46. The Labute approximate surface area is 244 Å². The highest BCUT2D eigenvalue weighted by molar-refractivity contribution is 6.30. The van der Waals surface area contributed by atoms with E-state index in [9.17, 15) is 19.5 Å². The second-order valence-electron chi connectivity index (χ2n) is 11.3. The second-order valence-corrected chi connectivity index (χ2v) is 11.8. The zero-order valence-electron chi connectivity index (χ0n) is 23.2. The lowest BCUT2D eigenvalue weighted by atomic mass is 9.73. The van der Waals surface area contributed by atoms with Crippen molar-refractivity contribution in [3.8, 4) is 0 Å². The topological polar surface area (TPSA) is 90.4 Å². The maximum Gasteiger partial charge on any atom is 0.253 e. The minimum atomic E-state index is -1.38. The van der Waals surface area contributed by atoms with Gasteiger partial charge in [-0.05, 0) is 43.2 Å². The van der Waals surface area contributed by atoms with E-state index in [1.807, 2.05) is 61.6 Å². The lowest BCUT2D eigenvalue weighted by Crippen LogP contribution is -2.58. The number of likely N-dealkylation sites (tertiary alicyclic amines) is 1. The van der Waals surface area contributed by atoms with Gasteiger partial charge in [0.2, 0.25) is 11.8 Å². The van der Waals surface area contributed by atoms with Gasteiger partial charge in [-0.15, -0.1) is 0 Å². The summed E-state index contributed by atoms with van der Waals surface area (Å²) in [4.78, 5) is 48.2. The predicted molar refractivity (Wildman–Crippen MR) is 155 cm³/mol. The standard InChI is InChI=1S/C32H34ClN3O5/c1-3-31-15-7-17-34(19-22-9-5-4-6-10-22)28(38)25(31)26-29(39)36(21(2)20-37)27-30(40)35(18-8-16-32(26,27)41-31)24-13-11-23(33)12-14-24/h4-16,21,25-27,37H,3,17-20H2,1-2H3/t21-,25-,26+,27?,31+,32+/m1/s1. The SMILES string of the molecule is CC[C@]12C=CCN(Cc3ccccc3)C(=O)[C@H]1[C@H]1C(=O)N([C@H](C)CO)C3C(=O)N(c4ccc(Cl)cc4)CC=C[C@@]31O2. The molecule has 1 spiro atoms. The fraction of sp³-hybridized carbons (Fsp3) is 0.406. The Morgan fingerprint density at radius 1 is 0.951 bits per heavy atom. The second kappa shape index (κ2) is 10.4. The van der Waals surface area contributed by atoms with Crippen molar-refractivity contribution >= 4 is 35.0 Å². The molecule has 2 aromatic carbocycles. The third kappa shape index (κ3) is 4.23. The number of anilines is 1. The number of ether oxygens (including phenoxy) is 1. The number of hydrogen-bond donors (Lipinski definition) is 1.